The normalized spacial score (nSPS) is 10.7. The van der Waals surface area contributed by atoms with Crippen molar-refractivity contribution in [2.45, 2.75) is 19.9 Å². The van der Waals surface area contributed by atoms with Gasteiger partial charge in [-0.3, -0.25) is 14.6 Å². The van der Waals surface area contributed by atoms with Gasteiger partial charge in [-0.1, -0.05) is 12.1 Å². The first kappa shape index (κ1) is 20.9. The fourth-order valence-corrected chi connectivity index (χ4v) is 3.06. The molecule has 4 rings (SSSR count). The summed E-state index contributed by atoms with van der Waals surface area (Å²) in [5, 5.41) is 13.7. The lowest BCUT2D eigenvalue weighted by molar-refractivity contribution is 0.101. The van der Waals surface area contributed by atoms with Gasteiger partial charge in [0, 0.05) is 29.7 Å². The number of pyridine rings is 2. The van der Waals surface area contributed by atoms with E-state index in [0.717, 1.165) is 0 Å². The minimum absolute atomic E-state index is 0.171. The molecule has 0 saturated heterocycles. The summed E-state index contributed by atoms with van der Waals surface area (Å²) in [6, 6.07) is 15.5. The van der Waals surface area contributed by atoms with Gasteiger partial charge in [0.2, 0.25) is 0 Å². The van der Waals surface area contributed by atoms with E-state index in [1.165, 1.54) is 6.20 Å². The van der Waals surface area contributed by atoms with Crippen LogP contribution < -0.4 is 10.6 Å². The average Bonchev–Trinajstić information content (AvgIpc) is 3.30. The largest absolute Gasteiger partial charge is 0.322 e. The van der Waals surface area contributed by atoms with Gasteiger partial charge in [0.25, 0.3) is 11.8 Å². The van der Waals surface area contributed by atoms with Gasteiger partial charge in [0.15, 0.2) is 5.82 Å². The van der Waals surface area contributed by atoms with Crippen molar-refractivity contribution in [3.05, 3.63) is 84.4 Å². The lowest BCUT2D eigenvalue weighted by Crippen LogP contribution is -2.15. The van der Waals surface area contributed by atoms with E-state index in [0.29, 0.717) is 34.2 Å². The first-order valence-corrected chi connectivity index (χ1v) is 10.0. The highest BCUT2D eigenvalue weighted by molar-refractivity contribution is 6.07. The average molecular weight is 427 g/mol. The van der Waals surface area contributed by atoms with Gasteiger partial charge >= 0.3 is 0 Å². The van der Waals surface area contributed by atoms with E-state index < -0.39 is 0 Å². The van der Waals surface area contributed by atoms with E-state index in [9.17, 15) is 9.59 Å². The Kier molecular flexibility index (Phi) is 5.98. The van der Waals surface area contributed by atoms with Crippen LogP contribution in [0, 0.1) is 0 Å². The number of hydrogen-bond acceptors (Lipinski definition) is 6. The molecule has 9 nitrogen and oxygen atoms in total. The molecule has 0 aliphatic heterocycles. The van der Waals surface area contributed by atoms with E-state index in [2.05, 4.69) is 30.8 Å². The summed E-state index contributed by atoms with van der Waals surface area (Å²) in [6.45, 7) is 4.05. The van der Waals surface area contributed by atoms with Crippen LogP contribution in [0.25, 0.3) is 11.5 Å². The van der Waals surface area contributed by atoms with Gasteiger partial charge in [-0.15, -0.1) is 10.2 Å². The van der Waals surface area contributed by atoms with E-state index in [-0.39, 0.29) is 17.9 Å². The van der Waals surface area contributed by atoms with Gasteiger partial charge in [-0.05, 0) is 56.3 Å². The Morgan fingerprint density at radius 1 is 0.938 bits per heavy atom. The van der Waals surface area contributed by atoms with Crippen LogP contribution in [-0.2, 0) is 0 Å². The second-order valence-electron chi connectivity index (χ2n) is 7.29. The third-order valence-corrected chi connectivity index (χ3v) is 4.66. The standard InChI is InChI=1S/C23H21N7O2/c1-15(2)30-14-25-29-21(30)19-9-4-10-20(27-19)28-22(31)16-6-3-8-18(12-16)26-23(32)17-7-5-11-24-13-17/h3-15H,1-2H3,(H,26,32)(H,27,28,31). The zero-order chi connectivity index (χ0) is 22.5. The summed E-state index contributed by atoms with van der Waals surface area (Å²) >= 11 is 0. The molecule has 3 heterocycles. The van der Waals surface area contributed by atoms with Crippen molar-refractivity contribution in [1.82, 2.24) is 24.7 Å². The Morgan fingerprint density at radius 3 is 2.50 bits per heavy atom. The molecule has 1 aromatic carbocycles. The highest BCUT2D eigenvalue weighted by atomic mass is 16.2. The monoisotopic (exact) mass is 427 g/mol. The number of carbonyl (C=O) groups excluding carboxylic acids is 2. The molecule has 0 bridgehead atoms. The van der Waals surface area contributed by atoms with Crippen LogP contribution in [-0.4, -0.2) is 36.5 Å². The molecule has 0 aliphatic carbocycles. The van der Waals surface area contributed by atoms with Gasteiger partial charge in [-0.25, -0.2) is 4.98 Å². The Labute approximate surface area is 184 Å². The SMILES string of the molecule is CC(C)n1cnnc1-c1cccc(NC(=O)c2cccc(NC(=O)c3cccnc3)c2)n1. The third kappa shape index (κ3) is 4.67. The highest BCUT2D eigenvalue weighted by Gasteiger charge is 2.14. The molecule has 0 radical (unpaired) electrons. The van der Waals surface area contributed by atoms with Crippen molar-refractivity contribution < 1.29 is 9.59 Å². The number of nitrogens with one attached hydrogen (secondary N) is 2. The molecule has 9 heteroatoms. The number of carbonyl (C=O) groups is 2. The number of amides is 2. The summed E-state index contributed by atoms with van der Waals surface area (Å²) in [6.07, 6.45) is 4.72. The summed E-state index contributed by atoms with van der Waals surface area (Å²) in [4.78, 5) is 33.6. The molecule has 0 spiro atoms. The minimum atomic E-state index is -0.350. The lowest BCUT2D eigenvalue weighted by atomic mass is 10.1. The van der Waals surface area contributed by atoms with Crippen molar-refractivity contribution in [2.75, 3.05) is 10.6 Å². The zero-order valence-electron chi connectivity index (χ0n) is 17.6. The maximum absolute atomic E-state index is 12.8. The van der Waals surface area contributed by atoms with Crippen LogP contribution in [0.2, 0.25) is 0 Å². The quantitative estimate of drug-likeness (QED) is 0.483. The van der Waals surface area contributed by atoms with Crippen LogP contribution in [0.3, 0.4) is 0 Å². The van der Waals surface area contributed by atoms with Gasteiger partial charge in [0.05, 0.1) is 5.56 Å². The maximum Gasteiger partial charge on any atom is 0.257 e. The molecule has 0 saturated carbocycles. The molecule has 0 fully saturated rings. The molecular formula is C23H21N7O2. The van der Waals surface area contributed by atoms with Gasteiger partial charge in [0.1, 0.15) is 17.8 Å². The summed E-state index contributed by atoms with van der Waals surface area (Å²) in [5.74, 6) is 0.351. The molecule has 2 amide bonds. The van der Waals surface area contributed by atoms with Crippen molar-refractivity contribution in [1.29, 1.82) is 0 Å². The minimum Gasteiger partial charge on any atom is -0.322 e. The van der Waals surface area contributed by atoms with E-state index in [1.54, 1.807) is 61.1 Å². The number of aromatic nitrogens is 5. The number of hydrogen-bond donors (Lipinski definition) is 2. The van der Waals surface area contributed by atoms with Crippen LogP contribution in [0.5, 0.6) is 0 Å². The number of benzene rings is 1. The zero-order valence-corrected chi connectivity index (χ0v) is 17.6. The predicted molar refractivity (Wildman–Crippen MR) is 120 cm³/mol. The molecule has 0 aliphatic rings. The number of nitrogens with zero attached hydrogens (tertiary/aromatic N) is 5. The first-order valence-electron chi connectivity index (χ1n) is 10.0. The predicted octanol–water partition coefficient (Wildman–Crippen LogP) is 3.82. The molecule has 32 heavy (non-hydrogen) atoms. The molecule has 2 N–H and O–H groups in total. The van der Waals surface area contributed by atoms with Crippen molar-refractivity contribution in [3.63, 3.8) is 0 Å². The van der Waals surface area contributed by atoms with Crippen molar-refractivity contribution in [3.8, 4) is 11.5 Å². The molecule has 4 aromatic rings. The van der Waals surface area contributed by atoms with Crippen molar-refractivity contribution in [2.24, 2.45) is 0 Å². The second-order valence-corrected chi connectivity index (χ2v) is 7.29. The maximum atomic E-state index is 12.8. The fraction of sp³-hybridized carbons (Fsp3) is 0.130. The third-order valence-electron chi connectivity index (χ3n) is 4.66. The van der Waals surface area contributed by atoms with Crippen molar-refractivity contribution >= 4 is 23.3 Å². The van der Waals surface area contributed by atoms with Crippen LogP contribution in [0.15, 0.2) is 73.3 Å². The van der Waals surface area contributed by atoms with E-state index in [4.69, 9.17) is 0 Å². The molecule has 3 aromatic heterocycles. The topological polar surface area (TPSA) is 115 Å². The Balaban J connectivity index is 1.49. The smallest absolute Gasteiger partial charge is 0.257 e. The van der Waals surface area contributed by atoms with Crippen LogP contribution in [0.1, 0.15) is 40.6 Å². The van der Waals surface area contributed by atoms with Gasteiger partial charge in [-0.2, -0.15) is 0 Å². The molecule has 0 unspecified atom stereocenters. The summed E-state index contributed by atoms with van der Waals surface area (Å²) < 4.78 is 1.91. The first-order chi connectivity index (χ1) is 15.5. The molecule has 0 atom stereocenters. The number of rotatable bonds is 6. The van der Waals surface area contributed by atoms with Gasteiger partial charge < -0.3 is 15.2 Å². The molecule has 160 valence electrons. The highest BCUT2D eigenvalue weighted by Crippen LogP contribution is 2.20. The fourth-order valence-electron chi connectivity index (χ4n) is 3.06. The Hall–Kier alpha value is -4.40. The van der Waals surface area contributed by atoms with E-state index in [1.807, 2.05) is 24.5 Å². The van der Waals surface area contributed by atoms with E-state index >= 15 is 0 Å². The Bertz CT molecular complexity index is 1250. The number of anilines is 2. The summed E-state index contributed by atoms with van der Waals surface area (Å²) in [5.41, 5.74) is 1.91. The lowest BCUT2D eigenvalue weighted by Gasteiger charge is -2.11. The van der Waals surface area contributed by atoms with Crippen LogP contribution in [0.4, 0.5) is 11.5 Å². The van der Waals surface area contributed by atoms with Crippen LogP contribution >= 0.6 is 0 Å². The Morgan fingerprint density at radius 2 is 1.72 bits per heavy atom. The second kappa shape index (κ2) is 9.17. The molecular weight excluding hydrogens is 406 g/mol. The summed E-state index contributed by atoms with van der Waals surface area (Å²) in [7, 11) is 0.